The SMILES string of the molecule is O=C(NCC1Cc2ccccc21)C1(C(F)(F)F)CCNC1. The third-order valence-electron chi connectivity index (χ3n) is 4.60. The third-order valence-corrected chi connectivity index (χ3v) is 4.60. The summed E-state index contributed by atoms with van der Waals surface area (Å²) in [6, 6.07) is 7.82. The van der Waals surface area contributed by atoms with Gasteiger partial charge in [-0.2, -0.15) is 13.2 Å². The van der Waals surface area contributed by atoms with Crippen molar-refractivity contribution in [2.24, 2.45) is 5.41 Å². The van der Waals surface area contributed by atoms with Crippen LogP contribution in [0.2, 0.25) is 0 Å². The first kappa shape index (κ1) is 14.4. The fraction of sp³-hybridized carbons (Fsp3) is 0.533. The molecule has 2 N–H and O–H groups in total. The summed E-state index contributed by atoms with van der Waals surface area (Å²) in [5, 5.41) is 5.17. The maximum absolute atomic E-state index is 13.2. The van der Waals surface area contributed by atoms with Gasteiger partial charge in [0, 0.05) is 19.0 Å². The van der Waals surface area contributed by atoms with Crippen LogP contribution in [0.1, 0.15) is 23.5 Å². The Balaban J connectivity index is 1.65. The lowest BCUT2D eigenvalue weighted by atomic mass is 9.77. The molecule has 2 unspecified atom stereocenters. The first-order valence-electron chi connectivity index (χ1n) is 7.07. The number of rotatable bonds is 3. The molecule has 1 aliphatic carbocycles. The summed E-state index contributed by atoms with van der Waals surface area (Å²) in [5.41, 5.74) is 0.0734. The Morgan fingerprint density at radius 1 is 1.38 bits per heavy atom. The Labute approximate surface area is 120 Å². The second-order valence-electron chi connectivity index (χ2n) is 5.82. The molecule has 1 amide bonds. The van der Waals surface area contributed by atoms with Crippen molar-refractivity contribution in [2.45, 2.75) is 24.9 Å². The van der Waals surface area contributed by atoms with E-state index in [-0.39, 0.29) is 32.0 Å². The van der Waals surface area contributed by atoms with Gasteiger partial charge in [-0.05, 0) is 30.5 Å². The molecule has 114 valence electrons. The molecule has 2 atom stereocenters. The first-order valence-corrected chi connectivity index (χ1v) is 7.07. The zero-order chi connectivity index (χ0) is 15.1. The maximum atomic E-state index is 13.2. The number of hydrogen-bond donors (Lipinski definition) is 2. The lowest BCUT2D eigenvalue weighted by Gasteiger charge is -2.33. The number of amides is 1. The van der Waals surface area contributed by atoms with Crippen LogP contribution in [0.5, 0.6) is 0 Å². The second-order valence-corrected chi connectivity index (χ2v) is 5.82. The molecule has 1 aliphatic heterocycles. The molecule has 0 spiro atoms. The molecule has 1 aromatic rings. The average molecular weight is 298 g/mol. The van der Waals surface area contributed by atoms with Gasteiger partial charge >= 0.3 is 6.18 Å². The van der Waals surface area contributed by atoms with Gasteiger partial charge in [-0.15, -0.1) is 0 Å². The van der Waals surface area contributed by atoms with Gasteiger partial charge in [0.05, 0.1) is 0 Å². The van der Waals surface area contributed by atoms with Gasteiger partial charge in [0.1, 0.15) is 0 Å². The van der Waals surface area contributed by atoms with Crippen molar-refractivity contribution < 1.29 is 18.0 Å². The summed E-state index contributed by atoms with van der Waals surface area (Å²) in [5.74, 6) is -0.769. The van der Waals surface area contributed by atoms with E-state index in [1.54, 1.807) is 0 Å². The molecule has 0 aromatic heterocycles. The largest absolute Gasteiger partial charge is 0.404 e. The number of fused-ring (bicyclic) bond motifs is 1. The van der Waals surface area contributed by atoms with E-state index in [0.29, 0.717) is 0 Å². The van der Waals surface area contributed by atoms with Crippen LogP contribution in [0.4, 0.5) is 13.2 Å². The molecule has 1 fully saturated rings. The molecular weight excluding hydrogens is 281 g/mol. The minimum atomic E-state index is -4.52. The van der Waals surface area contributed by atoms with Gasteiger partial charge in [-0.25, -0.2) is 0 Å². The Bertz CT molecular complexity index is 550. The van der Waals surface area contributed by atoms with Crippen molar-refractivity contribution in [3.63, 3.8) is 0 Å². The van der Waals surface area contributed by atoms with Crippen molar-refractivity contribution in [1.29, 1.82) is 0 Å². The van der Waals surface area contributed by atoms with Crippen LogP contribution in [-0.2, 0) is 11.2 Å². The highest BCUT2D eigenvalue weighted by molar-refractivity contribution is 5.84. The normalized spacial score (nSPS) is 27.9. The van der Waals surface area contributed by atoms with E-state index in [4.69, 9.17) is 0 Å². The standard InChI is InChI=1S/C15H17F3N2O/c16-15(17,18)14(5-6-19-9-14)13(21)20-8-11-7-10-3-1-2-4-12(10)11/h1-4,11,19H,5-9H2,(H,20,21). The second kappa shape index (κ2) is 5.02. The summed E-state index contributed by atoms with van der Waals surface area (Å²) < 4.78 is 39.7. The number of carbonyl (C=O) groups excluding carboxylic acids is 1. The molecule has 1 saturated heterocycles. The van der Waals surface area contributed by atoms with E-state index in [1.165, 1.54) is 5.56 Å². The van der Waals surface area contributed by atoms with Crippen LogP contribution in [0.25, 0.3) is 0 Å². The topological polar surface area (TPSA) is 41.1 Å². The van der Waals surface area contributed by atoms with Crippen LogP contribution in [0, 0.1) is 5.41 Å². The van der Waals surface area contributed by atoms with Gasteiger partial charge in [0.25, 0.3) is 0 Å². The van der Waals surface area contributed by atoms with Crippen LogP contribution in [0.15, 0.2) is 24.3 Å². The molecule has 3 rings (SSSR count). The van der Waals surface area contributed by atoms with Crippen LogP contribution < -0.4 is 10.6 Å². The zero-order valence-corrected chi connectivity index (χ0v) is 11.5. The maximum Gasteiger partial charge on any atom is 0.404 e. The van der Waals surface area contributed by atoms with Gasteiger partial charge < -0.3 is 10.6 Å². The predicted octanol–water partition coefficient (Wildman–Crippen LogP) is 1.98. The van der Waals surface area contributed by atoms with Gasteiger partial charge in [0.15, 0.2) is 5.41 Å². The van der Waals surface area contributed by atoms with Crippen molar-refractivity contribution in [3.05, 3.63) is 35.4 Å². The average Bonchev–Trinajstić information content (AvgIpc) is 2.90. The fourth-order valence-corrected chi connectivity index (χ4v) is 3.19. The number of carbonyl (C=O) groups is 1. The van der Waals surface area contributed by atoms with E-state index in [2.05, 4.69) is 10.6 Å². The zero-order valence-electron chi connectivity index (χ0n) is 11.5. The van der Waals surface area contributed by atoms with Crippen LogP contribution in [0.3, 0.4) is 0 Å². The summed E-state index contributed by atoms with van der Waals surface area (Å²) in [4.78, 5) is 12.1. The van der Waals surface area contributed by atoms with Gasteiger partial charge in [-0.1, -0.05) is 24.3 Å². The minimum Gasteiger partial charge on any atom is -0.355 e. The predicted molar refractivity (Wildman–Crippen MR) is 71.9 cm³/mol. The van der Waals surface area contributed by atoms with Crippen LogP contribution in [-0.4, -0.2) is 31.7 Å². The highest BCUT2D eigenvalue weighted by Crippen LogP contribution is 2.43. The van der Waals surface area contributed by atoms with E-state index in [0.717, 1.165) is 12.0 Å². The minimum absolute atomic E-state index is 0.129. The highest BCUT2D eigenvalue weighted by Gasteiger charge is 2.61. The molecule has 3 nitrogen and oxygen atoms in total. The summed E-state index contributed by atoms with van der Waals surface area (Å²) >= 11 is 0. The Morgan fingerprint density at radius 2 is 2.14 bits per heavy atom. The quantitative estimate of drug-likeness (QED) is 0.896. The van der Waals surface area contributed by atoms with E-state index in [9.17, 15) is 18.0 Å². The van der Waals surface area contributed by atoms with Crippen LogP contribution >= 0.6 is 0 Å². The molecule has 0 bridgehead atoms. The monoisotopic (exact) mass is 298 g/mol. The van der Waals surface area contributed by atoms with Crippen molar-refractivity contribution in [3.8, 4) is 0 Å². The Kier molecular flexibility index (Phi) is 3.43. The van der Waals surface area contributed by atoms with Crippen molar-refractivity contribution in [1.82, 2.24) is 10.6 Å². The number of alkyl halides is 3. The smallest absolute Gasteiger partial charge is 0.355 e. The summed E-state index contributed by atoms with van der Waals surface area (Å²) in [6.45, 7) is 0.163. The van der Waals surface area contributed by atoms with E-state index < -0.39 is 17.5 Å². The van der Waals surface area contributed by atoms with E-state index in [1.807, 2.05) is 24.3 Å². The lowest BCUT2D eigenvalue weighted by Crippen LogP contribution is -2.53. The molecule has 0 radical (unpaired) electrons. The molecular formula is C15H17F3N2O. The molecule has 6 heteroatoms. The number of halogens is 3. The summed E-state index contributed by atoms with van der Waals surface area (Å²) in [7, 11) is 0. The number of benzene rings is 1. The molecule has 0 saturated carbocycles. The Hall–Kier alpha value is -1.56. The Morgan fingerprint density at radius 3 is 2.76 bits per heavy atom. The van der Waals surface area contributed by atoms with Gasteiger partial charge in [-0.3, -0.25) is 4.79 Å². The first-order chi connectivity index (χ1) is 9.94. The van der Waals surface area contributed by atoms with Gasteiger partial charge in [0.2, 0.25) is 5.91 Å². The van der Waals surface area contributed by atoms with Crippen molar-refractivity contribution >= 4 is 5.91 Å². The molecule has 1 aromatic carbocycles. The molecule has 21 heavy (non-hydrogen) atoms. The molecule has 1 heterocycles. The number of nitrogens with one attached hydrogen (secondary N) is 2. The third kappa shape index (κ3) is 2.31. The van der Waals surface area contributed by atoms with E-state index >= 15 is 0 Å². The van der Waals surface area contributed by atoms with Crippen molar-refractivity contribution in [2.75, 3.05) is 19.6 Å². The highest BCUT2D eigenvalue weighted by atomic mass is 19.4. The molecule has 2 aliphatic rings. The summed E-state index contributed by atoms with van der Waals surface area (Å²) in [6.07, 6.45) is -3.89. The lowest BCUT2D eigenvalue weighted by molar-refractivity contribution is -0.216. The fourth-order valence-electron chi connectivity index (χ4n) is 3.19. The number of hydrogen-bond acceptors (Lipinski definition) is 2.